The molecule has 3 unspecified atom stereocenters. The number of unbranched alkanes of at least 4 members (excludes halogenated alkanes) is 1. The Morgan fingerprint density at radius 1 is 1.25 bits per heavy atom. The molecule has 0 heterocycles. The van der Waals surface area contributed by atoms with Crippen molar-refractivity contribution >= 4 is 37.7 Å². The quantitative estimate of drug-likeness (QED) is 0.266. The molecule has 3 atom stereocenters. The van der Waals surface area contributed by atoms with Crippen LogP contribution in [0.2, 0.25) is 0 Å². The lowest BCUT2D eigenvalue weighted by Crippen LogP contribution is -2.50. The monoisotopic (exact) mass is 477 g/mol. The average Bonchev–Trinajstić information content (AvgIpc) is 2.76. The van der Waals surface area contributed by atoms with Gasteiger partial charge in [0.15, 0.2) is 0 Å². The van der Waals surface area contributed by atoms with Crippen molar-refractivity contribution in [1.82, 2.24) is 15.9 Å². The van der Waals surface area contributed by atoms with Gasteiger partial charge in [-0.2, -0.15) is 0 Å². The summed E-state index contributed by atoms with van der Waals surface area (Å²) < 4.78 is 13.9. The van der Waals surface area contributed by atoms with Crippen LogP contribution in [0.3, 0.4) is 0 Å². The molecule has 8 heteroatoms. The summed E-state index contributed by atoms with van der Waals surface area (Å²) in [6.07, 6.45) is 3.57. The lowest BCUT2D eigenvalue weighted by Gasteiger charge is -2.38. The van der Waals surface area contributed by atoms with E-state index in [1.54, 1.807) is 11.1 Å². The zero-order valence-corrected chi connectivity index (χ0v) is 20.9. The van der Waals surface area contributed by atoms with Gasteiger partial charge in [-0.25, -0.2) is 14.9 Å². The van der Waals surface area contributed by atoms with Crippen LogP contribution in [-0.2, 0) is 4.79 Å². The number of nitrogens with zero attached hydrogens (tertiary/aromatic N) is 1. The molecule has 2 aromatic rings. The van der Waals surface area contributed by atoms with Gasteiger partial charge in [-0.3, -0.25) is 10.2 Å². The minimum Gasteiger partial charge on any atom is -0.317 e. The third-order valence-corrected chi connectivity index (χ3v) is 6.42. The number of hydrogen-bond donors (Lipinski definition) is 3. The Morgan fingerprint density at radius 2 is 1.97 bits per heavy atom. The van der Waals surface area contributed by atoms with E-state index in [4.69, 9.17) is 12.2 Å². The van der Waals surface area contributed by atoms with E-state index in [0.717, 1.165) is 35.7 Å². The SMILES string of the molecule is CCCCC(CCNO)C(c1ccccc1C)N(NC(=S)c1cc(F)ccc1P)C(C)=O. The van der Waals surface area contributed by atoms with E-state index in [9.17, 15) is 14.4 Å². The lowest BCUT2D eigenvalue weighted by atomic mass is 9.84. The highest BCUT2D eigenvalue weighted by Crippen LogP contribution is 2.35. The Balaban J connectivity index is 2.50. The molecule has 3 N–H and O–H groups in total. The number of carbonyl (C=O) groups excluding carboxylic acids is 1. The molecule has 0 saturated heterocycles. The predicted molar refractivity (Wildman–Crippen MR) is 134 cm³/mol. The highest BCUT2D eigenvalue weighted by molar-refractivity contribution is 7.80. The van der Waals surface area contributed by atoms with Crippen LogP contribution in [0.25, 0.3) is 0 Å². The fraction of sp³-hybridized carbons (Fsp3) is 0.417. The normalized spacial score (nSPS) is 12.8. The zero-order valence-electron chi connectivity index (χ0n) is 18.9. The van der Waals surface area contributed by atoms with E-state index in [-0.39, 0.29) is 22.9 Å². The Labute approximate surface area is 197 Å². The van der Waals surface area contributed by atoms with Crippen molar-refractivity contribution in [2.24, 2.45) is 5.92 Å². The first kappa shape index (κ1) is 26.3. The second kappa shape index (κ2) is 12.9. The first-order chi connectivity index (χ1) is 15.3. The lowest BCUT2D eigenvalue weighted by molar-refractivity contribution is -0.135. The molecule has 0 radical (unpaired) electrons. The molecule has 0 bridgehead atoms. The largest absolute Gasteiger partial charge is 0.317 e. The molecular formula is C24H33FN3O2PS. The van der Waals surface area contributed by atoms with Crippen LogP contribution in [-0.4, -0.2) is 27.7 Å². The molecule has 0 fully saturated rings. The molecule has 32 heavy (non-hydrogen) atoms. The number of nitrogens with one attached hydrogen (secondary N) is 2. The number of carbonyl (C=O) groups is 1. The van der Waals surface area contributed by atoms with E-state index in [2.05, 4.69) is 27.1 Å². The van der Waals surface area contributed by atoms with E-state index in [0.29, 0.717) is 18.5 Å². The Morgan fingerprint density at radius 3 is 2.59 bits per heavy atom. The third kappa shape index (κ3) is 7.04. The van der Waals surface area contributed by atoms with Crippen LogP contribution in [0.4, 0.5) is 4.39 Å². The molecular weight excluding hydrogens is 444 g/mol. The van der Waals surface area contributed by atoms with E-state index in [1.165, 1.54) is 19.1 Å². The minimum absolute atomic E-state index is 0.0675. The number of benzene rings is 2. The summed E-state index contributed by atoms with van der Waals surface area (Å²) in [6.45, 7) is 6.06. The highest BCUT2D eigenvalue weighted by Gasteiger charge is 2.32. The Bertz CT molecular complexity index is 920. The Hall–Kier alpha value is -1.92. The number of amides is 1. The molecule has 0 aromatic heterocycles. The van der Waals surface area contributed by atoms with E-state index < -0.39 is 5.82 Å². The molecule has 174 valence electrons. The van der Waals surface area contributed by atoms with Crippen molar-refractivity contribution in [2.45, 2.75) is 52.5 Å². The summed E-state index contributed by atoms with van der Waals surface area (Å²) in [5.74, 6) is -0.520. The third-order valence-electron chi connectivity index (χ3n) is 5.61. The van der Waals surface area contributed by atoms with Gasteiger partial charge in [-0.1, -0.05) is 62.3 Å². The molecule has 5 nitrogen and oxygen atoms in total. The maximum absolute atomic E-state index is 13.9. The van der Waals surface area contributed by atoms with Crippen LogP contribution in [0.5, 0.6) is 0 Å². The highest BCUT2D eigenvalue weighted by atomic mass is 32.1. The van der Waals surface area contributed by atoms with E-state index in [1.807, 2.05) is 31.2 Å². The molecule has 0 spiro atoms. The average molecular weight is 478 g/mol. The summed E-state index contributed by atoms with van der Waals surface area (Å²) in [5, 5.41) is 11.6. The van der Waals surface area contributed by atoms with Crippen molar-refractivity contribution in [3.63, 3.8) is 0 Å². The fourth-order valence-corrected chi connectivity index (χ4v) is 4.64. The number of rotatable bonds is 10. The number of thiocarbonyl (C=S) groups is 1. The standard InChI is InChI=1S/C24H33FN3O2PS/c1-4-5-9-18(13-14-26-30)23(20-10-7-6-8-16(20)2)28(17(3)29)27-24(32)21-15-19(25)11-12-22(21)31/h6-8,10-12,15,18,23,26,30H,4-5,9,13-14,31H2,1-3H3,(H,27,32). The molecule has 0 saturated carbocycles. The molecule has 0 aliphatic rings. The maximum atomic E-state index is 13.9. The van der Waals surface area contributed by atoms with Crippen molar-refractivity contribution in [1.29, 1.82) is 0 Å². The number of aryl methyl sites for hydroxylation is 1. The topological polar surface area (TPSA) is 64.6 Å². The molecule has 0 aliphatic carbocycles. The van der Waals surface area contributed by atoms with Crippen LogP contribution in [0.1, 0.15) is 62.3 Å². The number of hydroxylamine groups is 1. The molecule has 2 aromatic carbocycles. The van der Waals surface area contributed by atoms with Crippen LogP contribution < -0.4 is 16.2 Å². The molecule has 1 amide bonds. The fourth-order valence-electron chi connectivity index (χ4n) is 3.94. The van der Waals surface area contributed by atoms with Gasteiger partial charge < -0.3 is 5.21 Å². The van der Waals surface area contributed by atoms with Gasteiger partial charge in [0.2, 0.25) is 5.91 Å². The van der Waals surface area contributed by atoms with Gasteiger partial charge in [0.25, 0.3) is 0 Å². The summed E-state index contributed by atoms with van der Waals surface area (Å²) >= 11 is 5.59. The van der Waals surface area contributed by atoms with Gasteiger partial charge >= 0.3 is 0 Å². The van der Waals surface area contributed by atoms with Gasteiger partial charge in [0.1, 0.15) is 10.8 Å². The summed E-state index contributed by atoms with van der Waals surface area (Å²) in [6, 6.07) is 12.0. The van der Waals surface area contributed by atoms with Gasteiger partial charge in [0.05, 0.1) is 6.04 Å². The van der Waals surface area contributed by atoms with Crippen molar-refractivity contribution in [2.75, 3.05) is 6.54 Å². The first-order valence-corrected chi connectivity index (χ1v) is 11.9. The zero-order chi connectivity index (χ0) is 23.7. The second-order valence-corrected chi connectivity index (χ2v) is 8.99. The molecule has 2 rings (SSSR count). The van der Waals surface area contributed by atoms with Crippen molar-refractivity contribution < 1.29 is 14.4 Å². The Kier molecular flexibility index (Phi) is 10.7. The van der Waals surface area contributed by atoms with Crippen molar-refractivity contribution in [3.05, 3.63) is 65.0 Å². The van der Waals surface area contributed by atoms with Crippen LogP contribution in [0, 0.1) is 18.7 Å². The number of halogens is 1. The van der Waals surface area contributed by atoms with Crippen LogP contribution >= 0.6 is 21.5 Å². The first-order valence-electron chi connectivity index (χ1n) is 10.9. The van der Waals surface area contributed by atoms with Crippen molar-refractivity contribution in [3.8, 4) is 0 Å². The van der Waals surface area contributed by atoms with Crippen LogP contribution in [0.15, 0.2) is 42.5 Å². The van der Waals surface area contributed by atoms with E-state index >= 15 is 0 Å². The molecule has 0 aliphatic heterocycles. The number of hydrogen-bond acceptors (Lipinski definition) is 4. The summed E-state index contributed by atoms with van der Waals surface area (Å²) in [7, 11) is 2.55. The predicted octanol–water partition coefficient (Wildman–Crippen LogP) is 4.58. The van der Waals surface area contributed by atoms with Gasteiger partial charge in [-0.05, 0) is 54.2 Å². The minimum atomic E-state index is -0.393. The van der Waals surface area contributed by atoms with Gasteiger partial charge in [0, 0.05) is 19.0 Å². The second-order valence-electron chi connectivity index (χ2n) is 7.96. The van der Waals surface area contributed by atoms with Gasteiger partial charge in [-0.15, -0.1) is 9.24 Å². The maximum Gasteiger partial charge on any atom is 0.238 e. The smallest absolute Gasteiger partial charge is 0.238 e. The summed E-state index contributed by atoms with van der Waals surface area (Å²) in [4.78, 5) is 13.2. The summed E-state index contributed by atoms with van der Waals surface area (Å²) in [5.41, 5.74) is 7.96. The number of hydrazine groups is 1.